The van der Waals surface area contributed by atoms with Gasteiger partial charge in [0.15, 0.2) is 0 Å². The van der Waals surface area contributed by atoms with Gasteiger partial charge in [-0.1, -0.05) is 27.2 Å². The molecule has 0 atom stereocenters. The van der Waals surface area contributed by atoms with Crippen molar-refractivity contribution in [3.05, 3.63) is 11.9 Å². The zero-order valence-electron chi connectivity index (χ0n) is 13.1. The summed E-state index contributed by atoms with van der Waals surface area (Å²) in [6, 6.07) is 0. The van der Waals surface area contributed by atoms with E-state index in [1.165, 1.54) is 25.8 Å². The first kappa shape index (κ1) is 16.0. The molecule has 0 aliphatic heterocycles. The van der Waals surface area contributed by atoms with Gasteiger partial charge in [-0.25, -0.2) is 4.98 Å². The number of unbranched alkanes of at least 4 members (excludes halogenated alkanes) is 1. The molecule has 0 bridgehead atoms. The van der Waals surface area contributed by atoms with Crippen LogP contribution >= 0.6 is 0 Å². The molecule has 1 rings (SSSR count). The molecule has 4 nitrogen and oxygen atoms in total. The highest BCUT2D eigenvalue weighted by molar-refractivity contribution is 5.28. The molecule has 0 aliphatic rings. The van der Waals surface area contributed by atoms with Crippen LogP contribution in [0, 0.1) is 6.92 Å². The normalized spacial score (nSPS) is 11.2. The van der Waals surface area contributed by atoms with E-state index in [-0.39, 0.29) is 0 Å². The zero-order valence-corrected chi connectivity index (χ0v) is 13.1. The van der Waals surface area contributed by atoms with Gasteiger partial charge in [0.2, 0.25) is 5.95 Å². The van der Waals surface area contributed by atoms with Crippen LogP contribution in [-0.4, -0.2) is 40.6 Å². The number of nitrogens with zero attached hydrogens (tertiary/aromatic N) is 3. The maximum absolute atomic E-state index is 4.56. The largest absolute Gasteiger partial charge is 0.356 e. The van der Waals surface area contributed by atoms with E-state index < -0.39 is 0 Å². The van der Waals surface area contributed by atoms with Crippen LogP contribution in [0.4, 0.5) is 5.95 Å². The van der Waals surface area contributed by atoms with Crippen molar-refractivity contribution in [2.45, 2.75) is 53.5 Å². The fourth-order valence-corrected chi connectivity index (χ4v) is 2.24. The average molecular weight is 266 g/mol. The Hall–Kier alpha value is -1.03. The number of imidazole rings is 1. The minimum atomic E-state index is 1.02. The Kier molecular flexibility index (Phi) is 7.56. The molecule has 110 valence electrons. The zero-order chi connectivity index (χ0) is 14.1. The third kappa shape index (κ3) is 5.64. The molecule has 0 spiro atoms. The minimum Gasteiger partial charge on any atom is -0.356 e. The summed E-state index contributed by atoms with van der Waals surface area (Å²) in [5.41, 5.74) is 1.10. The van der Waals surface area contributed by atoms with E-state index in [1.54, 1.807) is 0 Å². The maximum atomic E-state index is 4.56. The van der Waals surface area contributed by atoms with Gasteiger partial charge in [-0.15, -0.1) is 0 Å². The highest BCUT2D eigenvalue weighted by atomic mass is 15.2. The van der Waals surface area contributed by atoms with Crippen molar-refractivity contribution in [2.24, 2.45) is 0 Å². The fourth-order valence-electron chi connectivity index (χ4n) is 2.24. The van der Waals surface area contributed by atoms with Crippen LogP contribution in [0.2, 0.25) is 0 Å². The van der Waals surface area contributed by atoms with E-state index in [4.69, 9.17) is 0 Å². The number of anilines is 1. The number of nitrogens with one attached hydrogen (secondary N) is 1. The Labute approximate surface area is 118 Å². The average Bonchev–Trinajstić information content (AvgIpc) is 2.75. The first-order valence-corrected chi connectivity index (χ1v) is 7.71. The van der Waals surface area contributed by atoms with Gasteiger partial charge in [-0.05, 0) is 39.4 Å². The smallest absolute Gasteiger partial charge is 0.203 e. The molecule has 0 saturated heterocycles. The lowest BCUT2D eigenvalue weighted by Gasteiger charge is -2.18. The van der Waals surface area contributed by atoms with Gasteiger partial charge < -0.3 is 14.8 Å². The summed E-state index contributed by atoms with van der Waals surface area (Å²) in [6.45, 7) is 14.2. The Balaban J connectivity index is 2.43. The predicted molar refractivity (Wildman–Crippen MR) is 82.8 cm³/mol. The molecule has 0 aromatic carbocycles. The minimum absolute atomic E-state index is 1.02. The van der Waals surface area contributed by atoms with Crippen molar-refractivity contribution < 1.29 is 0 Å². The van der Waals surface area contributed by atoms with Gasteiger partial charge in [0.1, 0.15) is 0 Å². The first-order valence-electron chi connectivity index (χ1n) is 7.71. The van der Waals surface area contributed by atoms with Crippen molar-refractivity contribution in [2.75, 3.05) is 31.5 Å². The molecule has 0 fully saturated rings. The summed E-state index contributed by atoms with van der Waals surface area (Å²) in [6.07, 6.45) is 5.75. The van der Waals surface area contributed by atoms with Gasteiger partial charge in [0.25, 0.3) is 0 Å². The second-order valence-corrected chi connectivity index (χ2v) is 5.06. The van der Waals surface area contributed by atoms with Crippen LogP contribution in [0.3, 0.4) is 0 Å². The molecular weight excluding hydrogens is 236 g/mol. The molecule has 1 aromatic heterocycles. The van der Waals surface area contributed by atoms with Gasteiger partial charge >= 0.3 is 0 Å². The SMILES string of the molecule is CCCCNc1nc(C)cn1CCCN(CC)CC. The standard InChI is InChI=1S/C15H30N4/c1-5-8-10-16-15-17-14(4)13-19(15)12-9-11-18(6-2)7-3/h13H,5-12H2,1-4H3,(H,16,17). The Morgan fingerprint density at radius 2 is 1.95 bits per heavy atom. The molecule has 19 heavy (non-hydrogen) atoms. The van der Waals surface area contributed by atoms with Gasteiger partial charge in [0.05, 0.1) is 5.69 Å². The second-order valence-electron chi connectivity index (χ2n) is 5.06. The topological polar surface area (TPSA) is 33.1 Å². The van der Waals surface area contributed by atoms with Crippen LogP contribution in [-0.2, 0) is 6.54 Å². The van der Waals surface area contributed by atoms with Gasteiger partial charge in [0, 0.05) is 19.3 Å². The number of hydrogen-bond donors (Lipinski definition) is 1. The number of aromatic nitrogens is 2. The van der Waals surface area contributed by atoms with Gasteiger partial charge in [-0.2, -0.15) is 0 Å². The lowest BCUT2D eigenvalue weighted by Crippen LogP contribution is -2.25. The first-order chi connectivity index (χ1) is 9.21. The Bertz CT molecular complexity index is 342. The molecule has 0 aliphatic carbocycles. The molecule has 1 aromatic rings. The van der Waals surface area contributed by atoms with E-state index in [0.29, 0.717) is 0 Å². The van der Waals surface area contributed by atoms with E-state index >= 15 is 0 Å². The van der Waals surface area contributed by atoms with Crippen molar-refractivity contribution in [1.82, 2.24) is 14.5 Å². The van der Waals surface area contributed by atoms with E-state index in [9.17, 15) is 0 Å². The summed E-state index contributed by atoms with van der Waals surface area (Å²) in [4.78, 5) is 7.03. The molecular formula is C15H30N4. The van der Waals surface area contributed by atoms with Crippen molar-refractivity contribution in [3.8, 4) is 0 Å². The third-order valence-electron chi connectivity index (χ3n) is 3.48. The lowest BCUT2D eigenvalue weighted by atomic mass is 10.3. The third-order valence-corrected chi connectivity index (χ3v) is 3.48. The summed E-state index contributed by atoms with van der Waals surface area (Å²) in [7, 11) is 0. The molecule has 0 amide bonds. The van der Waals surface area contributed by atoms with Crippen LogP contribution in [0.25, 0.3) is 0 Å². The highest BCUT2D eigenvalue weighted by Gasteiger charge is 2.05. The molecule has 0 radical (unpaired) electrons. The lowest BCUT2D eigenvalue weighted by molar-refractivity contribution is 0.293. The summed E-state index contributed by atoms with van der Waals surface area (Å²) in [5.74, 6) is 1.03. The quantitative estimate of drug-likeness (QED) is 0.660. The number of aryl methyl sites for hydroxylation is 2. The van der Waals surface area contributed by atoms with Crippen molar-refractivity contribution in [1.29, 1.82) is 0 Å². The molecule has 0 saturated carbocycles. The summed E-state index contributed by atoms with van der Waals surface area (Å²) >= 11 is 0. The molecule has 0 unspecified atom stereocenters. The van der Waals surface area contributed by atoms with Crippen molar-refractivity contribution >= 4 is 5.95 Å². The summed E-state index contributed by atoms with van der Waals surface area (Å²) in [5, 5.41) is 3.44. The van der Waals surface area contributed by atoms with Crippen molar-refractivity contribution in [3.63, 3.8) is 0 Å². The van der Waals surface area contributed by atoms with Gasteiger partial charge in [-0.3, -0.25) is 0 Å². The fraction of sp³-hybridized carbons (Fsp3) is 0.800. The van der Waals surface area contributed by atoms with E-state index in [1.807, 2.05) is 0 Å². The van der Waals surface area contributed by atoms with Crippen LogP contribution in [0.5, 0.6) is 0 Å². The van der Waals surface area contributed by atoms with E-state index in [2.05, 4.69) is 53.7 Å². The molecule has 4 heteroatoms. The molecule has 1 heterocycles. The number of rotatable bonds is 10. The Morgan fingerprint density at radius 3 is 2.58 bits per heavy atom. The predicted octanol–water partition coefficient (Wildman–Crippen LogP) is 3.14. The second kappa shape index (κ2) is 8.97. The number of hydrogen-bond acceptors (Lipinski definition) is 3. The highest BCUT2D eigenvalue weighted by Crippen LogP contribution is 2.10. The van der Waals surface area contributed by atoms with Crippen LogP contribution in [0.1, 0.15) is 45.7 Å². The monoisotopic (exact) mass is 266 g/mol. The maximum Gasteiger partial charge on any atom is 0.203 e. The van der Waals surface area contributed by atoms with E-state index in [0.717, 1.165) is 37.8 Å². The van der Waals surface area contributed by atoms with Crippen LogP contribution in [0.15, 0.2) is 6.20 Å². The summed E-state index contributed by atoms with van der Waals surface area (Å²) < 4.78 is 2.26. The Morgan fingerprint density at radius 1 is 1.21 bits per heavy atom. The molecule has 1 N–H and O–H groups in total. The van der Waals surface area contributed by atoms with Crippen LogP contribution < -0.4 is 5.32 Å².